The van der Waals surface area contributed by atoms with Crippen molar-refractivity contribution < 1.29 is 14.7 Å². The molecule has 0 saturated heterocycles. The van der Waals surface area contributed by atoms with Gasteiger partial charge in [-0.1, -0.05) is 24.3 Å². The molecule has 8 N–H and O–H groups in total. The zero-order valence-corrected chi connectivity index (χ0v) is 22.7. The van der Waals surface area contributed by atoms with Crippen LogP contribution in [0.2, 0.25) is 0 Å². The molecule has 43 heavy (non-hydrogen) atoms. The van der Waals surface area contributed by atoms with Crippen LogP contribution in [-0.2, 0) is 25.7 Å². The number of aromatic amines is 4. The van der Waals surface area contributed by atoms with Crippen LogP contribution in [0.5, 0.6) is 0 Å². The predicted octanol–water partition coefficient (Wildman–Crippen LogP) is 2.92. The number of nitrogens with zero attached hydrogens (tertiary/aromatic N) is 2. The Labute approximate surface area is 242 Å². The topological polar surface area (TPSA) is 215 Å². The van der Waals surface area contributed by atoms with E-state index in [1.54, 1.807) is 48.8 Å². The van der Waals surface area contributed by atoms with Gasteiger partial charge in [0.25, 0.3) is 17.0 Å². The Bertz CT molecular complexity index is 2100. The van der Waals surface area contributed by atoms with Crippen LogP contribution >= 0.6 is 0 Å². The van der Waals surface area contributed by atoms with Crippen molar-refractivity contribution in [3.05, 3.63) is 115 Å². The summed E-state index contributed by atoms with van der Waals surface area (Å²) in [6.07, 6.45) is 5.81. The van der Waals surface area contributed by atoms with Gasteiger partial charge in [-0.3, -0.25) is 29.7 Å². The number of carbonyl (C=O) groups excluding carboxylic acids is 1. The Morgan fingerprint density at radius 1 is 0.721 bits per heavy atom. The van der Waals surface area contributed by atoms with Crippen LogP contribution < -0.4 is 22.2 Å². The summed E-state index contributed by atoms with van der Waals surface area (Å²) in [5.74, 6) is -1.35. The Balaban J connectivity index is 1.09. The molecular weight excluding hydrogens is 552 g/mol. The fourth-order valence-corrected chi connectivity index (χ4v) is 5.05. The van der Waals surface area contributed by atoms with Gasteiger partial charge >= 0.3 is 5.97 Å². The molecule has 0 spiro atoms. The van der Waals surface area contributed by atoms with Crippen LogP contribution in [0.15, 0.2) is 70.5 Å². The molecular formula is C30H26N8O5. The summed E-state index contributed by atoms with van der Waals surface area (Å²) < 4.78 is 0. The van der Waals surface area contributed by atoms with Crippen LogP contribution in [0.4, 0.5) is 11.9 Å². The van der Waals surface area contributed by atoms with Crippen LogP contribution in [0.1, 0.15) is 43.0 Å². The number of hydrogen-bond donors (Lipinski definition) is 7. The number of carboxylic acids is 1. The van der Waals surface area contributed by atoms with E-state index in [0.717, 1.165) is 22.3 Å². The zero-order valence-electron chi connectivity index (χ0n) is 22.7. The number of H-pyrrole nitrogens is 4. The van der Waals surface area contributed by atoms with Crippen LogP contribution in [0, 0.1) is 0 Å². The predicted molar refractivity (Wildman–Crippen MR) is 160 cm³/mol. The van der Waals surface area contributed by atoms with Gasteiger partial charge in [-0.25, -0.2) is 4.79 Å². The highest BCUT2D eigenvalue weighted by Crippen LogP contribution is 2.18. The Morgan fingerprint density at radius 2 is 1.23 bits per heavy atom. The van der Waals surface area contributed by atoms with E-state index in [-0.39, 0.29) is 28.6 Å². The summed E-state index contributed by atoms with van der Waals surface area (Å²) >= 11 is 0. The number of aromatic carboxylic acids is 1. The lowest BCUT2D eigenvalue weighted by Crippen LogP contribution is -2.18. The molecule has 13 heteroatoms. The van der Waals surface area contributed by atoms with Crippen molar-refractivity contribution in [1.29, 1.82) is 0 Å². The Kier molecular flexibility index (Phi) is 7.04. The highest BCUT2D eigenvalue weighted by Gasteiger charge is 2.15. The van der Waals surface area contributed by atoms with Crippen LogP contribution in [0.25, 0.3) is 22.1 Å². The molecule has 0 bridgehead atoms. The standard InChI is InChI=1S/C30H26N8O5/c31-29-34-23-21(26(40)36-29)19(13-32-23)11-5-15-1-7-17(8-2-15)25(39)37-30-35-24-22(27(41)38-30)20(14-33-24)12-6-16-3-9-18(10-4-16)28(42)43/h1-4,7-10,13-14H,5-6,11-12H2,(H,42,43)(H4,31,32,34,36,40)(H3,33,35,37,38,39,41). The summed E-state index contributed by atoms with van der Waals surface area (Å²) in [4.78, 5) is 68.7. The number of nitrogens with two attached hydrogens (primary N) is 1. The largest absolute Gasteiger partial charge is 0.478 e. The molecule has 4 heterocycles. The van der Waals surface area contributed by atoms with Crippen LogP contribution in [0.3, 0.4) is 0 Å². The number of nitrogens with one attached hydrogen (secondary N) is 5. The third-order valence-corrected chi connectivity index (χ3v) is 7.28. The zero-order chi connectivity index (χ0) is 30.1. The maximum Gasteiger partial charge on any atom is 0.335 e. The van der Waals surface area contributed by atoms with Crippen molar-refractivity contribution in [3.8, 4) is 0 Å². The normalized spacial score (nSPS) is 11.3. The van der Waals surface area contributed by atoms with E-state index in [2.05, 4.69) is 35.2 Å². The molecule has 0 saturated carbocycles. The van der Waals surface area contributed by atoms with Crippen molar-refractivity contribution in [2.75, 3.05) is 11.1 Å². The summed E-state index contributed by atoms with van der Waals surface area (Å²) in [6, 6.07) is 13.6. The highest BCUT2D eigenvalue weighted by molar-refractivity contribution is 6.03. The number of amides is 1. The molecule has 0 aliphatic carbocycles. The third kappa shape index (κ3) is 5.63. The lowest BCUT2D eigenvalue weighted by atomic mass is 10.0. The molecule has 0 fully saturated rings. The van der Waals surface area contributed by atoms with Gasteiger partial charge in [0.1, 0.15) is 11.3 Å². The van der Waals surface area contributed by atoms with E-state index in [4.69, 9.17) is 10.8 Å². The summed E-state index contributed by atoms with van der Waals surface area (Å²) in [5.41, 5.74) is 9.79. The lowest BCUT2D eigenvalue weighted by Gasteiger charge is -2.06. The smallest absolute Gasteiger partial charge is 0.335 e. The molecule has 1 amide bonds. The average molecular weight is 579 g/mol. The first-order valence-corrected chi connectivity index (χ1v) is 13.4. The van der Waals surface area contributed by atoms with Gasteiger partial charge in [0.2, 0.25) is 11.9 Å². The van der Waals surface area contributed by atoms with Crippen molar-refractivity contribution in [3.63, 3.8) is 0 Å². The molecule has 13 nitrogen and oxygen atoms in total. The number of anilines is 2. The minimum absolute atomic E-state index is 0.0167. The first kappa shape index (κ1) is 27.2. The van der Waals surface area contributed by atoms with Gasteiger partial charge in [-0.2, -0.15) is 9.97 Å². The SMILES string of the molecule is Nc1nc2[nH]cc(CCc3ccc(C(=O)Nc4nc5[nH]cc(CCc6ccc(C(=O)O)cc6)c5c(=O)[nH]4)cc3)c2c(=O)[nH]1. The van der Waals surface area contributed by atoms with Gasteiger partial charge in [-0.05, 0) is 72.2 Å². The van der Waals surface area contributed by atoms with Crippen molar-refractivity contribution in [2.45, 2.75) is 25.7 Å². The monoisotopic (exact) mass is 578 g/mol. The number of carbonyl (C=O) groups is 2. The van der Waals surface area contributed by atoms with E-state index >= 15 is 0 Å². The molecule has 0 aliphatic heterocycles. The number of benzene rings is 2. The van der Waals surface area contributed by atoms with Gasteiger partial charge in [0, 0.05) is 18.0 Å². The minimum Gasteiger partial charge on any atom is -0.478 e. The van der Waals surface area contributed by atoms with Crippen molar-refractivity contribution in [2.24, 2.45) is 0 Å². The highest BCUT2D eigenvalue weighted by atomic mass is 16.4. The molecule has 0 aliphatic rings. The summed E-state index contributed by atoms with van der Waals surface area (Å²) in [7, 11) is 0. The fraction of sp³-hybridized carbons (Fsp3) is 0.133. The molecule has 0 atom stereocenters. The van der Waals surface area contributed by atoms with Gasteiger partial charge in [-0.15, -0.1) is 0 Å². The second-order valence-electron chi connectivity index (χ2n) is 10.1. The first-order valence-electron chi connectivity index (χ1n) is 13.4. The number of rotatable bonds is 9. The van der Waals surface area contributed by atoms with E-state index in [0.29, 0.717) is 53.3 Å². The summed E-state index contributed by atoms with van der Waals surface area (Å²) in [5, 5.41) is 12.6. The van der Waals surface area contributed by atoms with E-state index in [9.17, 15) is 19.2 Å². The quantitative estimate of drug-likeness (QED) is 0.135. The maximum absolute atomic E-state index is 12.9. The maximum atomic E-state index is 12.9. The Morgan fingerprint density at radius 3 is 1.79 bits per heavy atom. The second-order valence-corrected chi connectivity index (χ2v) is 10.1. The van der Waals surface area contributed by atoms with E-state index < -0.39 is 11.9 Å². The van der Waals surface area contributed by atoms with Crippen LogP contribution in [-0.4, -0.2) is 46.9 Å². The minimum atomic E-state index is -0.984. The molecule has 216 valence electrons. The number of carboxylic acid groups (broad SMARTS) is 1. The number of hydrogen-bond acceptors (Lipinski definition) is 7. The molecule has 4 aromatic heterocycles. The van der Waals surface area contributed by atoms with Gasteiger partial charge in [0.05, 0.1) is 16.3 Å². The van der Waals surface area contributed by atoms with E-state index in [1.807, 2.05) is 12.1 Å². The van der Waals surface area contributed by atoms with Gasteiger partial charge in [0.15, 0.2) is 0 Å². The average Bonchev–Trinajstić information content (AvgIpc) is 3.59. The lowest BCUT2D eigenvalue weighted by molar-refractivity contribution is 0.0696. The third-order valence-electron chi connectivity index (χ3n) is 7.28. The number of fused-ring (bicyclic) bond motifs is 2. The summed E-state index contributed by atoms with van der Waals surface area (Å²) in [6.45, 7) is 0. The number of aromatic nitrogens is 6. The molecule has 2 aromatic carbocycles. The molecule has 0 unspecified atom stereocenters. The Hall–Kier alpha value is -5.98. The van der Waals surface area contributed by atoms with Gasteiger partial charge < -0.3 is 20.8 Å². The van der Waals surface area contributed by atoms with Crippen molar-refractivity contribution >= 4 is 45.8 Å². The van der Waals surface area contributed by atoms with E-state index in [1.165, 1.54) is 0 Å². The molecule has 6 aromatic rings. The number of aryl methyl sites for hydroxylation is 4. The fourth-order valence-electron chi connectivity index (χ4n) is 5.05. The molecule has 0 radical (unpaired) electrons. The second kappa shape index (κ2) is 11.1. The first-order chi connectivity index (χ1) is 20.7. The number of nitrogen functional groups attached to an aromatic ring is 1. The van der Waals surface area contributed by atoms with Crippen molar-refractivity contribution in [1.82, 2.24) is 29.9 Å². The molecule has 6 rings (SSSR count).